The summed E-state index contributed by atoms with van der Waals surface area (Å²) in [4.78, 5) is 26.5. The molecule has 0 aromatic rings. The Morgan fingerprint density at radius 3 is 2.32 bits per heavy atom. The summed E-state index contributed by atoms with van der Waals surface area (Å²) in [7, 11) is 0. The molecule has 1 saturated carbocycles. The first-order valence-corrected chi connectivity index (χ1v) is 7.14. The Labute approximate surface area is 114 Å². The monoisotopic (exact) mass is 267 g/mol. The normalized spacial score (nSPS) is 35.9. The number of amides is 3. The van der Waals surface area contributed by atoms with Crippen molar-refractivity contribution in [3.05, 3.63) is 0 Å². The van der Waals surface area contributed by atoms with E-state index in [0.717, 1.165) is 19.3 Å². The molecule has 2 rings (SSSR count). The fourth-order valence-corrected chi connectivity index (χ4v) is 3.54. The number of imide groups is 1. The molecule has 1 spiro atoms. The quantitative estimate of drug-likeness (QED) is 0.744. The first kappa shape index (κ1) is 14.3. The number of carbonyl (C=O) groups excluding carboxylic acids is 2. The van der Waals surface area contributed by atoms with Crippen molar-refractivity contribution in [1.29, 1.82) is 0 Å². The van der Waals surface area contributed by atoms with Crippen LogP contribution in [0.4, 0.5) is 4.79 Å². The third-order valence-corrected chi connectivity index (χ3v) is 5.01. The van der Waals surface area contributed by atoms with Crippen molar-refractivity contribution in [2.45, 2.75) is 58.0 Å². The van der Waals surface area contributed by atoms with Crippen LogP contribution in [0.2, 0.25) is 0 Å². The Balaban J connectivity index is 2.41. The summed E-state index contributed by atoms with van der Waals surface area (Å²) in [6, 6.07) is -0.291. The largest absolute Gasteiger partial charge is 0.328 e. The van der Waals surface area contributed by atoms with Gasteiger partial charge < -0.3 is 11.1 Å². The summed E-state index contributed by atoms with van der Waals surface area (Å²) in [5.74, 6) is 0.255. The number of nitrogens with zero attached hydrogens (tertiary/aromatic N) is 1. The van der Waals surface area contributed by atoms with Crippen LogP contribution in [0.25, 0.3) is 0 Å². The van der Waals surface area contributed by atoms with Crippen molar-refractivity contribution in [3.63, 3.8) is 0 Å². The average Bonchev–Trinajstić information content (AvgIpc) is 2.60. The lowest BCUT2D eigenvalue weighted by atomic mass is 9.67. The van der Waals surface area contributed by atoms with Gasteiger partial charge in [0, 0.05) is 6.54 Å². The number of carbonyl (C=O) groups is 2. The minimum Gasteiger partial charge on any atom is -0.328 e. The van der Waals surface area contributed by atoms with Gasteiger partial charge >= 0.3 is 6.03 Å². The third kappa shape index (κ3) is 1.86. The first-order chi connectivity index (χ1) is 8.77. The minimum atomic E-state index is -0.720. The van der Waals surface area contributed by atoms with Gasteiger partial charge in [0.05, 0.1) is 5.54 Å². The standard InChI is InChI=1S/C14H25N3O2/c1-9-6-5-7-10(2)14(9)11(18)17(12(19)16-14)13(3,4)8-15/h9-10H,5-8,15H2,1-4H3,(H,16,19). The number of nitrogens with two attached hydrogens (primary N) is 1. The highest BCUT2D eigenvalue weighted by Gasteiger charge is 2.60. The van der Waals surface area contributed by atoms with E-state index in [0.29, 0.717) is 0 Å². The molecule has 1 aliphatic carbocycles. The highest BCUT2D eigenvalue weighted by atomic mass is 16.2. The molecule has 2 atom stereocenters. The number of rotatable bonds is 2. The second-order valence-electron chi connectivity index (χ2n) is 6.69. The van der Waals surface area contributed by atoms with Crippen molar-refractivity contribution in [1.82, 2.24) is 10.2 Å². The van der Waals surface area contributed by atoms with Gasteiger partial charge in [-0.3, -0.25) is 9.69 Å². The SMILES string of the molecule is CC1CCCC(C)C12NC(=O)N(C(C)(C)CN)C2=O. The van der Waals surface area contributed by atoms with E-state index in [1.165, 1.54) is 4.90 Å². The highest BCUT2D eigenvalue weighted by Crippen LogP contribution is 2.43. The molecule has 2 unspecified atom stereocenters. The molecule has 19 heavy (non-hydrogen) atoms. The number of hydrogen-bond donors (Lipinski definition) is 2. The maximum Gasteiger partial charge on any atom is 0.325 e. The van der Waals surface area contributed by atoms with Gasteiger partial charge in [-0.05, 0) is 38.5 Å². The Hall–Kier alpha value is -1.10. The lowest BCUT2D eigenvalue weighted by Crippen LogP contribution is -2.60. The smallest absolute Gasteiger partial charge is 0.325 e. The van der Waals surface area contributed by atoms with E-state index in [1.807, 2.05) is 13.8 Å². The molecule has 1 aliphatic heterocycles. The van der Waals surface area contributed by atoms with Crippen molar-refractivity contribution < 1.29 is 9.59 Å². The van der Waals surface area contributed by atoms with E-state index in [2.05, 4.69) is 19.2 Å². The van der Waals surface area contributed by atoms with Gasteiger partial charge in [0.2, 0.25) is 0 Å². The predicted octanol–water partition coefficient (Wildman–Crippen LogP) is 1.47. The van der Waals surface area contributed by atoms with Crippen LogP contribution in [0, 0.1) is 11.8 Å². The molecular weight excluding hydrogens is 242 g/mol. The van der Waals surface area contributed by atoms with E-state index in [-0.39, 0.29) is 30.3 Å². The summed E-state index contributed by atoms with van der Waals surface area (Å²) in [6.07, 6.45) is 3.08. The molecule has 1 heterocycles. The van der Waals surface area contributed by atoms with Crippen LogP contribution in [-0.4, -0.2) is 34.5 Å². The molecule has 0 aromatic heterocycles. The van der Waals surface area contributed by atoms with Gasteiger partial charge in [0.15, 0.2) is 0 Å². The first-order valence-electron chi connectivity index (χ1n) is 7.14. The summed E-state index contributed by atoms with van der Waals surface area (Å²) in [6.45, 7) is 8.06. The van der Waals surface area contributed by atoms with E-state index >= 15 is 0 Å². The van der Waals surface area contributed by atoms with Crippen LogP contribution in [0.15, 0.2) is 0 Å². The number of hydrogen-bond acceptors (Lipinski definition) is 3. The fourth-order valence-electron chi connectivity index (χ4n) is 3.54. The zero-order chi connectivity index (χ0) is 14.4. The zero-order valence-electron chi connectivity index (χ0n) is 12.3. The van der Waals surface area contributed by atoms with Gasteiger partial charge in [-0.1, -0.05) is 20.3 Å². The van der Waals surface area contributed by atoms with E-state index in [4.69, 9.17) is 5.73 Å². The maximum absolute atomic E-state index is 12.9. The molecule has 3 N–H and O–H groups in total. The lowest BCUT2D eigenvalue weighted by Gasteiger charge is -2.43. The topological polar surface area (TPSA) is 75.4 Å². The van der Waals surface area contributed by atoms with Crippen molar-refractivity contribution in [2.24, 2.45) is 17.6 Å². The average molecular weight is 267 g/mol. The Bertz CT molecular complexity index is 395. The Morgan fingerprint density at radius 2 is 1.84 bits per heavy atom. The van der Waals surface area contributed by atoms with Crippen LogP contribution in [0.3, 0.4) is 0 Å². The Kier molecular flexibility index (Phi) is 3.37. The van der Waals surface area contributed by atoms with E-state index in [1.54, 1.807) is 0 Å². The summed E-state index contributed by atoms with van der Waals surface area (Å²) >= 11 is 0. The molecule has 2 aliphatic rings. The van der Waals surface area contributed by atoms with Crippen LogP contribution >= 0.6 is 0 Å². The molecule has 2 fully saturated rings. The van der Waals surface area contributed by atoms with Gasteiger partial charge in [0.25, 0.3) is 5.91 Å². The number of urea groups is 1. The van der Waals surface area contributed by atoms with E-state index < -0.39 is 11.1 Å². The zero-order valence-corrected chi connectivity index (χ0v) is 12.3. The molecular formula is C14H25N3O2. The lowest BCUT2D eigenvalue weighted by molar-refractivity contribution is -0.139. The molecule has 1 saturated heterocycles. The predicted molar refractivity (Wildman–Crippen MR) is 73.4 cm³/mol. The summed E-state index contributed by atoms with van der Waals surface area (Å²) < 4.78 is 0. The summed E-state index contributed by atoms with van der Waals surface area (Å²) in [5.41, 5.74) is 4.37. The summed E-state index contributed by atoms with van der Waals surface area (Å²) in [5, 5.41) is 2.99. The van der Waals surface area contributed by atoms with Crippen molar-refractivity contribution in [2.75, 3.05) is 6.54 Å². The molecule has 5 nitrogen and oxygen atoms in total. The van der Waals surface area contributed by atoms with Crippen molar-refractivity contribution in [3.8, 4) is 0 Å². The fraction of sp³-hybridized carbons (Fsp3) is 0.857. The second kappa shape index (κ2) is 4.47. The van der Waals surface area contributed by atoms with Gasteiger partial charge in [-0.25, -0.2) is 4.79 Å². The molecule has 108 valence electrons. The molecule has 0 bridgehead atoms. The van der Waals surface area contributed by atoms with Crippen molar-refractivity contribution >= 4 is 11.9 Å². The van der Waals surface area contributed by atoms with E-state index in [9.17, 15) is 9.59 Å². The highest BCUT2D eigenvalue weighted by molar-refractivity contribution is 6.08. The van der Waals surface area contributed by atoms with Crippen LogP contribution in [-0.2, 0) is 4.79 Å². The van der Waals surface area contributed by atoms with Crippen LogP contribution < -0.4 is 11.1 Å². The molecule has 0 aromatic carbocycles. The van der Waals surface area contributed by atoms with Crippen LogP contribution in [0.5, 0.6) is 0 Å². The molecule has 3 amide bonds. The molecule has 5 heteroatoms. The van der Waals surface area contributed by atoms with Gasteiger partial charge in [-0.2, -0.15) is 0 Å². The second-order valence-corrected chi connectivity index (χ2v) is 6.69. The minimum absolute atomic E-state index is 0.0901. The molecule has 0 radical (unpaired) electrons. The third-order valence-electron chi connectivity index (χ3n) is 5.01. The van der Waals surface area contributed by atoms with Gasteiger partial charge in [-0.15, -0.1) is 0 Å². The van der Waals surface area contributed by atoms with Gasteiger partial charge in [0.1, 0.15) is 5.54 Å². The maximum atomic E-state index is 12.9. The Morgan fingerprint density at radius 1 is 1.32 bits per heavy atom. The van der Waals surface area contributed by atoms with Crippen LogP contribution in [0.1, 0.15) is 47.0 Å². The number of nitrogens with one attached hydrogen (secondary N) is 1.